The average molecular weight is 359 g/mol. The predicted octanol–water partition coefficient (Wildman–Crippen LogP) is 4.24. The van der Waals surface area contributed by atoms with Gasteiger partial charge in [-0.25, -0.2) is 4.39 Å². The molecule has 2 aromatic rings. The van der Waals surface area contributed by atoms with E-state index in [-0.39, 0.29) is 11.7 Å². The smallest absolute Gasteiger partial charge is 0.266 e. The highest BCUT2D eigenvalue weighted by atomic mass is 32.2. The second kappa shape index (κ2) is 7.15. The molecular weight excluding hydrogens is 345 g/mol. The number of thiocarbonyl (C=S) groups is 1. The minimum atomic E-state index is -0.363. The van der Waals surface area contributed by atoms with Crippen LogP contribution in [0.3, 0.4) is 0 Å². The average Bonchev–Trinajstić information content (AvgIpc) is 2.85. The quantitative estimate of drug-likeness (QED) is 0.603. The molecule has 0 aromatic heterocycles. The van der Waals surface area contributed by atoms with Crippen molar-refractivity contribution in [3.63, 3.8) is 0 Å². The molecule has 3 rings (SSSR count). The molecule has 3 nitrogen and oxygen atoms in total. The second-order valence-corrected chi connectivity index (χ2v) is 6.81. The summed E-state index contributed by atoms with van der Waals surface area (Å²) in [6, 6.07) is 13.8. The number of carbonyl (C=O) groups is 1. The van der Waals surface area contributed by atoms with E-state index in [1.54, 1.807) is 31.4 Å². The van der Waals surface area contributed by atoms with E-state index in [0.29, 0.717) is 21.3 Å². The Balaban J connectivity index is 1.80. The van der Waals surface area contributed by atoms with E-state index >= 15 is 0 Å². The Kier molecular flexibility index (Phi) is 4.97. The molecule has 24 heavy (non-hydrogen) atoms. The number of hydrogen-bond acceptors (Lipinski definition) is 4. The minimum Gasteiger partial charge on any atom is -0.497 e. The van der Waals surface area contributed by atoms with E-state index < -0.39 is 0 Å². The molecule has 0 unspecified atom stereocenters. The van der Waals surface area contributed by atoms with Crippen molar-refractivity contribution in [2.45, 2.75) is 6.54 Å². The van der Waals surface area contributed by atoms with Crippen LogP contribution in [0.2, 0.25) is 0 Å². The molecule has 0 N–H and O–H groups in total. The summed E-state index contributed by atoms with van der Waals surface area (Å²) in [5.74, 6) is 0.186. The van der Waals surface area contributed by atoms with Crippen molar-refractivity contribution in [1.29, 1.82) is 0 Å². The third kappa shape index (κ3) is 3.49. The van der Waals surface area contributed by atoms with Crippen LogP contribution in [0.4, 0.5) is 4.39 Å². The molecule has 1 aliphatic heterocycles. The molecule has 122 valence electrons. The van der Waals surface area contributed by atoms with E-state index in [1.807, 2.05) is 24.3 Å². The van der Waals surface area contributed by atoms with Gasteiger partial charge in [-0.1, -0.05) is 54.3 Å². The first-order valence-corrected chi connectivity index (χ1v) is 8.44. The lowest BCUT2D eigenvalue weighted by Crippen LogP contribution is -2.27. The van der Waals surface area contributed by atoms with Crippen molar-refractivity contribution >= 4 is 40.3 Å². The molecule has 1 fully saturated rings. The summed E-state index contributed by atoms with van der Waals surface area (Å²) >= 11 is 6.49. The van der Waals surface area contributed by atoms with Gasteiger partial charge >= 0.3 is 0 Å². The van der Waals surface area contributed by atoms with Crippen LogP contribution in [-0.4, -0.2) is 22.2 Å². The maximum absolute atomic E-state index is 13.8. The molecule has 0 atom stereocenters. The third-order valence-electron chi connectivity index (χ3n) is 3.57. The van der Waals surface area contributed by atoms with Gasteiger partial charge in [-0.3, -0.25) is 9.69 Å². The molecule has 1 aliphatic rings. The van der Waals surface area contributed by atoms with Gasteiger partial charge in [0, 0.05) is 5.56 Å². The maximum atomic E-state index is 13.8. The summed E-state index contributed by atoms with van der Waals surface area (Å²) in [7, 11) is 1.60. The largest absolute Gasteiger partial charge is 0.497 e. The van der Waals surface area contributed by atoms with Gasteiger partial charge < -0.3 is 4.74 Å². The molecule has 6 heteroatoms. The van der Waals surface area contributed by atoms with Crippen LogP contribution in [-0.2, 0) is 11.3 Å². The van der Waals surface area contributed by atoms with Crippen LogP contribution in [0.1, 0.15) is 11.1 Å². The van der Waals surface area contributed by atoms with Gasteiger partial charge in [0.05, 0.1) is 18.6 Å². The fourth-order valence-corrected chi connectivity index (χ4v) is 3.53. The Morgan fingerprint density at radius 3 is 2.58 bits per heavy atom. The molecule has 1 heterocycles. The zero-order valence-electron chi connectivity index (χ0n) is 12.9. The van der Waals surface area contributed by atoms with E-state index in [9.17, 15) is 9.18 Å². The lowest BCUT2D eigenvalue weighted by atomic mass is 10.2. The maximum Gasteiger partial charge on any atom is 0.266 e. The number of hydrogen-bond donors (Lipinski definition) is 0. The van der Waals surface area contributed by atoms with E-state index in [0.717, 1.165) is 11.3 Å². The summed E-state index contributed by atoms with van der Waals surface area (Å²) < 4.78 is 19.4. The summed E-state index contributed by atoms with van der Waals surface area (Å²) in [6.45, 7) is 0.378. The number of thioether (sulfide) groups is 1. The first-order chi connectivity index (χ1) is 11.6. The number of nitrogens with zero attached hydrogens (tertiary/aromatic N) is 1. The first kappa shape index (κ1) is 16.7. The Morgan fingerprint density at radius 2 is 1.92 bits per heavy atom. The number of amides is 1. The lowest BCUT2D eigenvalue weighted by molar-refractivity contribution is -0.122. The zero-order valence-corrected chi connectivity index (χ0v) is 14.5. The highest BCUT2D eigenvalue weighted by Gasteiger charge is 2.32. The fraction of sp³-hybridized carbons (Fsp3) is 0.111. The zero-order chi connectivity index (χ0) is 17.1. The summed E-state index contributed by atoms with van der Waals surface area (Å²) in [4.78, 5) is 14.5. The Bertz CT molecular complexity index is 818. The summed E-state index contributed by atoms with van der Waals surface area (Å²) in [6.07, 6.45) is 1.54. The van der Waals surface area contributed by atoms with Gasteiger partial charge in [0.2, 0.25) is 0 Å². The van der Waals surface area contributed by atoms with Crippen LogP contribution >= 0.6 is 24.0 Å². The van der Waals surface area contributed by atoms with E-state index in [1.165, 1.54) is 22.7 Å². The van der Waals surface area contributed by atoms with Gasteiger partial charge in [-0.05, 0) is 29.8 Å². The van der Waals surface area contributed by atoms with Gasteiger partial charge in [-0.2, -0.15) is 0 Å². The van der Waals surface area contributed by atoms with Crippen LogP contribution < -0.4 is 4.74 Å². The number of ether oxygens (including phenoxy) is 1. The van der Waals surface area contributed by atoms with E-state index in [2.05, 4.69) is 0 Å². The summed E-state index contributed by atoms with van der Waals surface area (Å²) in [5.41, 5.74) is 1.32. The number of benzene rings is 2. The monoisotopic (exact) mass is 359 g/mol. The van der Waals surface area contributed by atoms with Crippen LogP contribution in [0, 0.1) is 5.82 Å². The van der Waals surface area contributed by atoms with Crippen molar-refractivity contribution in [3.8, 4) is 5.75 Å². The van der Waals surface area contributed by atoms with Crippen molar-refractivity contribution in [2.24, 2.45) is 0 Å². The van der Waals surface area contributed by atoms with Gasteiger partial charge in [0.25, 0.3) is 5.91 Å². The molecular formula is C18H14FNO2S2. The van der Waals surface area contributed by atoms with Crippen molar-refractivity contribution in [3.05, 3.63) is 70.4 Å². The number of carbonyl (C=O) groups excluding carboxylic acids is 1. The van der Waals surface area contributed by atoms with Gasteiger partial charge in [0.15, 0.2) is 0 Å². The Morgan fingerprint density at radius 1 is 1.21 bits per heavy atom. The number of halogens is 1. The van der Waals surface area contributed by atoms with Crippen molar-refractivity contribution in [1.82, 2.24) is 4.90 Å². The number of methoxy groups -OCH3 is 1. The Hall–Kier alpha value is -2.18. The normalized spacial score (nSPS) is 16.1. The van der Waals surface area contributed by atoms with Crippen LogP contribution in [0.5, 0.6) is 5.75 Å². The standard InChI is InChI=1S/C18H14FNO2S2/c1-22-14-8-6-12(7-9-14)11-20-17(21)16(24-18(20)23)10-13-4-2-3-5-15(13)19/h2-10H,11H2,1H3. The minimum absolute atomic E-state index is 0.205. The molecule has 1 amide bonds. The third-order valence-corrected chi connectivity index (χ3v) is 4.94. The van der Waals surface area contributed by atoms with Crippen molar-refractivity contribution in [2.75, 3.05) is 7.11 Å². The SMILES string of the molecule is COc1ccc(CN2C(=O)C(=Cc3ccccc3F)SC2=S)cc1. The van der Waals surface area contributed by atoms with Gasteiger partial charge in [0.1, 0.15) is 15.9 Å². The van der Waals surface area contributed by atoms with Gasteiger partial charge in [-0.15, -0.1) is 0 Å². The highest BCUT2D eigenvalue weighted by Crippen LogP contribution is 2.34. The highest BCUT2D eigenvalue weighted by molar-refractivity contribution is 8.26. The fourth-order valence-electron chi connectivity index (χ4n) is 2.28. The van der Waals surface area contributed by atoms with Crippen molar-refractivity contribution < 1.29 is 13.9 Å². The number of rotatable bonds is 4. The molecule has 1 saturated heterocycles. The molecule has 0 aliphatic carbocycles. The molecule has 0 spiro atoms. The Labute approximate surface area is 149 Å². The first-order valence-electron chi connectivity index (χ1n) is 7.21. The molecule has 2 aromatic carbocycles. The molecule has 0 radical (unpaired) electrons. The van der Waals surface area contributed by atoms with Crippen LogP contribution in [0.25, 0.3) is 6.08 Å². The molecule has 0 saturated carbocycles. The topological polar surface area (TPSA) is 29.5 Å². The molecule has 0 bridgehead atoms. The predicted molar refractivity (Wildman–Crippen MR) is 98.1 cm³/mol. The van der Waals surface area contributed by atoms with Crippen LogP contribution in [0.15, 0.2) is 53.4 Å². The summed E-state index contributed by atoms with van der Waals surface area (Å²) in [5, 5.41) is 0. The lowest BCUT2D eigenvalue weighted by Gasteiger charge is -2.14. The second-order valence-electron chi connectivity index (χ2n) is 5.14. The van der Waals surface area contributed by atoms with E-state index in [4.69, 9.17) is 17.0 Å².